The van der Waals surface area contributed by atoms with E-state index in [0.717, 1.165) is 35.2 Å². The summed E-state index contributed by atoms with van der Waals surface area (Å²) >= 11 is 6.24. The molecule has 21 heavy (non-hydrogen) atoms. The molecule has 1 aromatic heterocycles. The van der Waals surface area contributed by atoms with Crippen molar-refractivity contribution in [2.75, 3.05) is 11.9 Å². The summed E-state index contributed by atoms with van der Waals surface area (Å²) in [5, 5.41) is 4.15. The van der Waals surface area contributed by atoms with E-state index in [1.165, 1.54) is 18.5 Å². The van der Waals surface area contributed by atoms with Gasteiger partial charge in [0.15, 0.2) is 0 Å². The van der Waals surface area contributed by atoms with E-state index in [9.17, 15) is 0 Å². The van der Waals surface area contributed by atoms with Crippen LogP contribution in [0.1, 0.15) is 49.2 Å². The molecule has 3 rings (SSSR count). The molecule has 0 aliphatic heterocycles. The van der Waals surface area contributed by atoms with Crippen LogP contribution in [0.15, 0.2) is 30.3 Å². The molecule has 1 N–H and O–H groups in total. The fourth-order valence-corrected chi connectivity index (χ4v) is 2.54. The second-order valence-corrected chi connectivity index (χ2v) is 5.97. The summed E-state index contributed by atoms with van der Waals surface area (Å²) < 4.78 is 0. The Morgan fingerprint density at radius 1 is 1.24 bits per heavy atom. The standard InChI is InChI=1S/C17H20ClN3/c1-2-9-19-16-11-15(12-7-8-12)20-17(21-16)10-13-5-3-4-6-14(13)18/h3-6,11-12H,2,7-10H2,1H3,(H,19,20,21). The molecule has 1 aliphatic carbocycles. The van der Waals surface area contributed by atoms with Gasteiger partial charge >= 0.3 is 0 Å². The first kappa shape index (κ1) is 14.3. The van der Waals surface area contributed by atoms with E-state index >= 15 is 0 Å². The van der Waals surface area contributed by atoms with E-state index in [2.05, 4.69) is 23.3 Å². The third-order valence-corrected chi connectivity index (χ3v) is 4.02. The van der Waals surface area contributed by atoms with Crippen LogP contribution in [0, 0.1) is 0 Å². The Bertz CT molecular complexity index is 623. The van der Waals surface area contributed by atoms with Crippen molar-refractivity contribution in [2.45, 2.75) is 38.5 Å². The number of halogens is 1. The summed E-state index contributed by atoms with van der Waals surface area (Å²) in [5.41, 5.74) is 2.25. The van der Waals surface area contributed by atoms with Crippen molar-refractivity contribution in [3.8, 4) is 0 Å². The van der Waals surface area contributed by atoms with Gasteiger partial charge in [0.2, 0.25) is 0 Å². The first-order valence-electron chi connectivity index (χ1n) is 7.61. The molecule has 2 aromatic rings. The van der Waals surface area contributed by atoms with Gasteiger partial charge in [-0.3, -0.25) is 0 Å². The van der Waals surface area contributed by atoms with Crippen molar-refractivity contribution in [1.82, 2.24) is 9.97 Å². The average molecular weight is 302 g/mol. The highest BCUT2D eigenvalue weighted by molar-refractivity contribution is 6.31. The van der Waals surface area contributed by atoms with Crippen molar-refractivity contribution in [3.63, 3.8) is 0 Å². The lowest BCUT2D eigenvalue weighted by Crippen LogP contribution is -2.07. The summed E-state index contributed by atoms with van der Waals surface area (Å²) in [6, 6.07) is 10.00. The third-order valence-electron chi connectivity index (χ3n) is 3.65. The van der Waals surface area contributed by atoms with E-state index < -0.39 is 0 Å². The minimum absolute atomic E-state index is 0.625. The van der Waals surface area contributed by atoms with E-state index in [-0.39, 0.29) is 0 Å². The van der Waals surface area contributed by atoms with Crippen molar-refractivity contribution in [2.24, 2.45) is 0 Å². The molecule has 0 saturated heterocycles. The lowest BCUT2D eigenvalue weighted by Gasteiger charge is -2.10. The largest absolute Gasteiger partial charge is 0.370 e. The molecule has 1 heterocycles. The van der Waals surface area contributed by atoms with Gasteiger partial charge in [-0.15, -0.1) is 0 Å². The molecule has 1 saturated carbocycles. The maximum Gasteiger partial charge on any atom is 0.135 e. The SMILES string of the molecule is CCCNc1cc(C2CC2)nc(Cc2ccccc2Cl)n1. The third kappa shape index (κ3) is 3.73. The van der Waals surface area contributed by atoms with Crippen LogP contribution in [0.5, 0.6) is 0 Å². The minimum Gasteiger partial charge on any atom is -0.370 e. The first-order valence-corrected chi connectivity index (χ1v) is 7.99. The normalized spacial score (nSPS) is 14.2. The predicted octanol–water partition coefficient (Wildman–Crippen LogP) is 4.42. The van der Waals surface area contributed by atoms with Crippen LogP contribution >= 0.6 is 11.6 Å². The molecule has 0 amide bonds. The molecule has 0 radical (unpaired) electrons. The van der Waals surface area contributed by atoms with Gasteiger partial charge in [-0.25, -0.2) is 9.97 Å². The number of nitrogens with zero attached hydrogens (tertiary/aromatic N) is 2. The number of aromatic nitrogens is 2. The van der Waals surface area contributed by atoms with Gasteiger partial charge in [-0.05, 0) is 30.9 Å². The topological polar surface area (TPSA) is 37.8 Å². The molecular weight excluding hydrogens is 282 g/mol. The number of hydrogen-bond donors (Lipinski definition) is 1. The van der Waals surface area contributed by atoms with Crippen molar-refractivity contribution in [1.29, 1.82) is 0 Å². The zero-order valence-corrected chi connectivity index (χ0v) is 13.0. The van der Waals surface area contributed by atoms with Crippen molar-refractivity contribution in [3.05, 3.63) is 52.4 Å². The van der Waals surface area contributed by atoms with Gasteiger partial charge in [0, 0.05) is 35.7 Å². The van der Waals surface area contributed by atoms with Crippen molar-refractivity contribution >= 4 is 17.4 Å². The minimum atomic E-state index is 0.625. The van der Waals surface area contributed by atoms with Crippen LogP contribution in [-0.2, 0) is 6.42 Å². The quantitative estimate of drug-likeness (QED) is 0.858. The van der Waals surface area contributed by atoms with Gasteiger partial charge in [0.1, 0.15) is 11.6 Å². The fourth-order valence-electron chi connectivity index (χ4n) is 2.34. The molecule has 3 nitrogen and oxygen atoms in total. The number of rotatable bonds is 6. The molecule has 0 unspecified atom stereocenters. The van der Waals surface area contributed by atoms with Crippen LogP contribution in [0.25, 0.3) is 0 Å². The highest BCUT2D eigenvalue weighted by Crippen LogP contribution is 2.39. The lowest BCUT2D eigenvalue weighted by molar-refractivity contribution is 0.887. The molecule has 1 fully saturated rings. The second-order valence-electron chi connectivity index (χ2n) is 5.56. The number of anilines is 1. The summed E-state index contributed by atoms with van der Waals surface area (Å²) in [7, 11) is 0. The number of nitrogens with one attached hydrogen (secondary N) is 1. The van der Waals surface area contributed by atoms with Gasteiger partial charge < -0.3 is 5.32 Å². The smallest absolute Gasteiger partial charge is 0.135 e. The molecule has 110 valence electrons. The Balaban J connectivity index is 1.86. The van der Waals surface area contributed by atoms with Crippen LogP contribution in [0.4, 0.5) is 5.82 Å². The van der Waals surface area contributed by atoms with Crippen LogP contribution in [0.2, 0.25) is 5.02 Å². The average Bonchev–Trinajstić information content (AvgIpc) is 3.32. The van der Waals surface area contributed by atoms with Gasteiger partial charge in [0.25, 0.3) is 0 Å². The highest BCUT2D eigenvalue weighted by atomic mass is 35.5. The summed E-state index contributed by atoms with van der Waals surface area (Å²) in [4.78, 5) is 9.37. The van der Waals surface area contributed by atoms with E-state index in [1.54, 1.807) is 0 Å². The molecule has 0 bridgehead atoms. The zero-order chi connectivity index (χ0) is 14.7. The van der Waals surface area contributed by atoms with E-state index in [0.29, 0.717) is 12.3 Å². The summed E-state index contributed by atoms with van der Waals surface area (Å²) in [5.74, 6) is 2.42. The molecule has 0 atom stereocenters. The highest BCUT2D eigenvalue weighted by Gasteiger charge is 2.26. The molecule has 1 aromatic carbocycles. The van der Waals surface area contributed by atoms with Gasteiger partial charge in [-0.1, -0.05) is 36.7 Å². The van der Waals surface area contributed by atoms with E-state index in [1.807, 2.05) is 24.3 Å². The Morgan fingerprint density at radius 2 is 2.05 bits per heavy atom. The fraction of sp³-hybridized carbons (Fsp3) is 0.412. The Hall–Kier alpha value is -1.61. The van der Waals surface area contributed by atoms with Gasteiger partial charge in [0.05, 0.1) is 0 Å². The molecule has 4 heteroatoms. The van der Waals surface area contributed by atoms with Crippen LogP contribution in [-0.4, -0.2) is 16.5 Å². The maximum atomic E-state index is 6.24. The second kappa shape index (κ2) is 6.44. The number of hydrogen-bond acceptors (Lipinski definition) is 3. The maximum absolute atomic E-state index is 6.24. The molecule has 0 spiro atoms. The van der Waals surface area contributed by atoms with Crippen LogP contribution in [0.3, 0.4) is 0 Å². The predicted molar refractivity (Wildman–Crippen MR) is 87.0 cm³/mol. The van der Waals surface area contributed by atoms with Crippen molar-refractivity contribution < 1.29 is 0 Å². The Kier molecular flexibility index (Phi) is 4.39. The number of benzene rings is 1. The summed E-state index contributed by atoms with van der Waals surface area (Å²) in [6.07, 6.45) is 4.26. The van der Waals surface area contributed by atoms with E-state index in [4.69, 9.17) is 16.6 Å². The molecular formula is C17H20ClN3. The Morgan fingerprint density at radius 3 is 2.76 bits per heavy atom. The van der Waals surface area contributed by atoms with Gasteiger partial charge in [-0.2, -0.15) is 0 Å². The molecule has 1 aliphatic rings. The summed E-state index contributed by atoms with van der Waals surface area (Å²) in [6.45, 7) is 3.09. The Labute approximate surface area is 130 Å². The lowest BCUT2D eigenvalue weighted by atomic mass is 10.1. The monoisotopic (exact) mass is 301 g/mol. The first-order chi connectivity index (χ1) is 10.3. The van der Waals surface area contributed by atoms with Crippen LogP contribution < -0.4 is 5.32 Å². The zero-order valence-electron chi connectivity index (χ0n) is 12.3.